The zero-order chi connectivity index (χ0) is 30.9. The van der Waals surface area contributed by atoms with Crippen LogP contribution in [0.4, 0.5) is 0 Å². The molecule has 9 heteroatoms. The van der Waals surface area contributed by atoms with E-state index in [1.54, 1.807) is 36.2 Å². The summed E-state index contributed by atoms with van der Waals surface area (Å²) in [6.45, 7) is 9.22. The molecule has 0 spiro atoms. The van der Waals surface area contributed by atoms with Crippen LogP contribution in [0, 0.1) is 13.8 Å². The molecule has 42 heavy (non-hydrogen) atoms. The van der Waals surface area contributed by atoms with Gasteiger partial charge in [-0.15, -0.1) is 0 Å². The Balaban J connectivity index is 0.00000197. The van der Waals surface area contributed by atoms with Crippen LogP contribution in [-0.2, 0) is 30.3 Å². The number of benzene rings is 3. The van der Waals surface area contributed by atoms with Crippen LogP contribution in [-0.4, -0.2) is 64.4 Å². The molecule has 0 saturated carbocycles. The van der Waals surface area contributed by atoms with E-state index in [0.29, 0.717) is 30.8 Å². The molecule has 0 radical (unpaired) electrons. The van der Waals surface area contributed by atoms with Crippen molar-refractivity contribution in [2.75, 3.05) is 33.9 Å². The molecule has 0 amide bonds. The van der Waals surface area contributed by atoms with Crippen LogP contribution in [0.1, 0.15) is 43.4 Å². The Morgan fingerprint density at radius 3 is 2.17 bits per heavy atom. The summed E-state index contributed by atoms with van der Waals surface area (Å²) < 4.78 is 22.4. The molecule has 0 aromatic heterocycles. The van der Waals surface area contributed by atoms with E-state index in [2.05, 4.69) is 26.0 Å². The van der Waals surface area contributed by atoms with Gasteiger partial charge in [-0.2, -0.15) is 0 Å². The lowest BCUT2D eigenvalue weighted by Crippen LogP contribution is -2.40. The number of hydrogen-bond acceptors (Lipinski definition) is 8. The fraction of sp³-hybridized carbons (Fsp3) is 0.364. The highest BCUT2D eigenvalue weighted by atomic mass is 16.6. The third-order valence-corrected chi connectivity index (χ3v) is 6.02. The summed E-state index contributed by atoms with van der Waals surface area (Å²) in [7, 11) is 2.26. The molecule has 0 aliphatic heterocycles. The lowest BCUT2D eigenvalue weighted by atomic mass is 9.79. The molecule has 0 N–H and O–H groups in total. The summed E-state index contributed by atoms with van der Waals surface area (Å²) in [6, 6.07) is 19.4. The van der Waals surface area contributed by atoms with Crippen molar-refractivity contribution in [1.29, 1.82) is 0 Å². The van der Waals surface area contributed by atoms with E-state index in [9.17, 15) is 14.4 Å². The van der Waals surface area contributed by atoms with Gasteiger partial charge >= 0.3 is 13.1 Å². The summed E-state index contributed by atoms with van der Waals surface area (Å²) in [6.07, 6.45) is 3.20. The van der Waals surface area contributed by atoms with Gasteiger partial charge in [-0.3, -0.25) is 9.69 Å². The summed E-state index contributed by atoms with van der Waals surface area (Å²) in [5.41, 5.74) is 6.10. The maximum absolute atomic E-state index is 12.1. The molecule has 0 unspecified atom stereocenters. The van der Waals surface area contributed by atoms with Gasteiger partial charge in [0.1, 0.15) is 30.7 Å². The number of carbonyl (C=O) groups excluding carboxylic acids is 3. The molecule has 3 aromatic rings. The summed E-state index contributed by atoms with van der Waals surface area (Å²) in [5.74, 6) is 0.937. The number of nitrogens with zero attached hydrogens (tertiary/aromatic N) is 1. The van der Waals surface area contributed by atoms with Crippen molar-refractivity contribution < 1.29 is 33.2 Å². The fourth-order valence-corrected chi connectivity index (χ4v) is 4.21. The topological polar surface area (TPSA) is 91.4 Å². The third-order valence-electron chi connectivity index (χ3n) is 6.02. The lowest BCUT2D eigenvalue weighted by molar-refractivity contribution is -0.136. The van der Waals surface area contributed by atoms with Gasteiger partial charge in [-0.05, 0) is 84.5 Å². The second-order valence-corrected chi connectivity index (χ2v) is 9.92. The van der Waals surface area contributed by atoms with Gasteiger partial charge < -0.3 is 28.4 Å². The van der Waals surface area contributed by atoms with Crippen molar-refractivity contribution in [3.05, 3.63) is 77.4 Å². The predicted molar refractivity (Wildman–Crippen MR) is 166 cm³/mol. The van der Waals surface area contributed by atoms with E-state index in [-0.39, 0.29) is 13.1 Å². The third kappa shape index (κ3) is 11.1. The van der Waals surface area contributed by atoms with Crippen LogP contribution >= 0.6 is 0 Å². The molecule has 0 atom stereocenters. The van der Waals surface area contributed by atoms with Crippen LogP contribution < -0.4 is 14.9 Å². The van der Waals surface area contributed by atoms with E-state index in [0.717, 1.165) is 46.1 Å². The van der Waals surface area contributed by atoms with Gasteiger partial charge in [0.25, 0.3) is 0 Å². The van der Waals surface area contributed by atoms with Crippen molar-refractivity contribution >= 4 is 31.1 Å². The van der Waals surface area contributed by atoms with Crippen LogP contribution in [0.2, 0.25) is 0 Å². The first-order valence-electron chi connectivity index (χ1n) is 14.1. The maximum Gasteiger partial charge on any atom is 0.564 e. The Labute approximate surface area is 250 Å². The van der Waals surface area contributed by atoms with E-state index in [1.807, 2.05) is 38.1 Å². The number of aldehydes is 2. The van der Waals surface area contributed by atoms with Gasteiger partial charge in [-0.25, -0.2) is 0 Å². The van der Waals surface area contributed by atoms with Crippen molar-refractivity contribution in [1.82, 2.24) is 4.90 Å². The number of ether oxygens (including phenoxy) is 2. The Kier molecular flexibility index (Phi) is 15.1. The van der Waals surface area contributed by atoms with E-state index >= 15 is 0 Å². The summed E-state index contributed by atoms with van der Waals surface area (Å²) >= 11 is 0. The predicted octanol–water partition coefficient (Wildman–Crippen LogP) is 4.95. The van der Waals surface area contributed by atoms with Gasteiger partial charge in [0.05, 0.1) is 19.7 Å². The molecule has 0 fully saturated rings. The first-order valence-corrected chi connectivity index (χ1v) is 14.1. The minimum atomic E-state index is -0.860. The van der Waals surface area contributed by atoms with E-state index in [4.69, 9.17) is 18.8 Å². The SMILES string of the molecule is CCC.COB(OC(=O)CN(C)CC=O)c1ccc(OCc2cccc(-c3c(C)cc(OCCC=O)cc3C)c2)cc1. The van der Waals surface area contributed by atoms with E-state index in [1.165, 1.54) is 13.5 Å². The minimum absolute atomic E-state index is 0.0166. The largest absolute Gasteiger partial charge is 0.564 e. The monoisotopic (exact) mass is 575 g/mol. The van der Waals surface area contributed by atoms with Crippen LogP contribution in [0.5, 0.6) is 11.5 Å². The molecule has 3 aromatic carbocycles. The zero-order valence-electron chi connectivity index (χ0n) is 25.6. The Morgan fingerprint density at radius 1 is 0.905 bits per heavy atom. The van der Waals surface area contributed by atoms with Gasteiger partial charge in [0.2, 0.25) is 0 Å². The van der Waals surface area contributed by atoms with Crippen molar-refractivity contribution in [3.63, 3.8) is 0 Å². The molecule has 0 aliphatic rings. The smallest absolute Gasteiger partial charge is 0.505 e. The molecule has 0 heterocycles. The highest BCUT2D eigenvalue weighted by molar-refractivity contribution is 6.62. The fourth-order valence-electron chi connectivity index (χ4n) is 4.21. The van der Waals surface area contributed by atoms with Crippen LogP contribution in [0.25, 0.3) is 11.1 Å². The second kappa shape index (κ2) is 18.5. The quantitative estimate of drug-likeness (QED) is 0.143. The van der Waals surface area contributed by atoms with Gasteiger partial charge in [0.15, 0.2) is 0 Å². The molecular formula is C33H42BNO7. The first-order chi connectivity index (χ1) is 20.3. The van der Waals surface area contributed by atoms with E-state index < -0.39 is 13.1 Å². The Hall–Kier alpha value is -3.95. The second-order valence-electron chi connectivity index (χ2n) is 9.92. The van der Waals surface area contributed by atoms with Crippen molar-refractivity contribution in [3.8, 4) is 22.6 Å². The molecule has 224 valence electrons. The molecule has 0 bridgehead atoms. The normalized spacial score (nSPS) is 10.4. The number of carbonyl (C=O) groups is 3. The molecule has 0 saturated heterocycles. The van der Waals surface area contributed by atoms with Gasteiger partial charge in [-0.1, -0.05) is 50.6 Å². The summed E-state index contributed by atoms with van der Waals surface area (Å²) in [4.78, 5) is 34.8. The standard InChI is InChI=1S/C30H34BNO7.C3H8/c1-22-17-28(37-16-6-14-33)18-23(2)30(22)25-8-5-7-24(19-25)21-38-27-11-9-26(10-12-27)31(36-4)39-29(35)20-32(3)13-15-34;1-3-2/h5,7-12,14-15,17-19H,6,13,16,20-21H2,1-4H3;3H2,1-2H3. The van der Waals surface area contributed by atoms with Crippen LogP contribution in [0.15, 0.2) is 60.7 Å². The maximum atomic E-state index is 12.1. The minimum Gasteiger partial charge on any atom is -0.505 e. The lowest BCUT2D eigenvalue weighted by Gasteiger charge is -2.16. The first kappa shape index (κ1) is 34.3. The number of rotatable bonds is 15. The molecular weight excluding hydrogens is 533 g/mol. The molecule has 0 aliphatic carbocycles. The molecule has 3 rings (SSSR count). The average molecular weight is 576 g/mol. The number of likely N-dealkylation sites (N-methyl/N-ethyl adjacent to an activating group) is 1. The number of hydrogen-bond donors (Lipinski definition) is 0. The average Bonchev–Trinajstić information content (AvgIpc) is 2.96. The Bertz CT molecular complexity index is 1260. The van der Waals surface area contributed by atoms with Crippen LogP contribution in [0.3, 0.4) is 0 Å². The highest BCUT2D eigenvalue weighted by Crippen LogP contribution is 2.31. The Morgan fingerprint density at radius 2 is 1.57 bits per heavy atom. The zero-order valence-corrected chi connectivity index (χ0v) is 25.6. The molecule has 8 nitrogen and oxygen atoms in total. The van der Waals surface area contributed by atoms with Gasteiger partial charge in [0, 0.05) is 13.5 Å². The number of aryl methyl sites for hydroxylation is 2. The van der Waals surface area contributed by atoms with Crippen molar-refractivity contribution in [2.24, 2.45) is 0 Å². The van der Waals surface area contributed by atoms with Crippen molar-refractivity contribution in [2.45, 2.75) is 47.1 Å². The summed E-state index contributed by atoms with van der Waals surface area (Å²) in [5, 5.41) is 0. The highest BCUT2D eigenvalue weighted by Gasteiger charge is 2.25.